The monoisotopic (exact) mass is 225 g/mol. The van der Waals surface area contributed by atoms with E-state index in [0.717, 1.165) is 6.54 Å². The van der Waals surface area contributed by atoms with Crippen molar-refractivity contribution in [1.82, 2.24) is 14.8 Å². The summed E-state index contributed by atoms with van der Waals surface area (Å²) in [7, 11) is 0. The van der Waals surface area contributed by atoms with Crippen LogP contribution >= 0.6 is 11.6 Å². The van der Waals surface area contributed by atoms with Crippen LogP contribution in [0.5, 0.6) is 0 Å². The smallest absolute Gasteiger partial charge is 0.165 e. The van der Waals surface area contributed by atoms with Gasteiger partial charge in [0.05, 0.1) is 5.02 Å². The summed E-state index contributed by atoms with van der Waals surface area (Å²) < 4.78 is 15.0. The summed E-state index contributed by atoms with van der Waals surface area (Å²) in [5.74, 6) is 0.141. The van der Waals surface area contributed by atoms with Gasteiger partial charge in [0.2, 0.25) is 0 Å². The topological polar surface area (TPSA) is 30.7 Å². The molecule has 2 rings (SSSR count). The van der Waals surface area contributed by atoms with Gasteiger partial charge >= 0.3 is 0 Å². The Morgan fingerprint density at radius 3 is 3.00 bits per heavy atom. The highest BCUT2D eigenvalue weighted by Crippen LogP contribution is 2.28. The average molecular weight is 226 g/mol. The molecule has 0 aliphatic carbocycles. The molecule has 0 saturated carbocycles. The van der Waals surface area contributed by atoms with Crippen LogP contribution in [0, 0.1) is 5.82 Å². The Morgan fingerprint density at radius 2 is 2.27 bits per heavy atom. The minimum absolute atomic E-state index is 0.0835. The van der Waals surface area contributed by atoms with Crippen molar-refractivity contribution in [1.29, 1.82) is 0 Å². The van der Waals surface area contributed by atoms with Gasteiger partial charge in [-0.1, -0.05) is 17.7 Å². The van der Waals surface area contributed by atoms with Gasteiger partial charge in [0.25, 0.3) is 0 Å². The van der Waals surface area contributed by atoms with Crippen LogP contribution in [0.25, 0.3) is 11.4 Å². The second-order valence-electron chi connectivity index (χ2n) is 3.04. The van der Waals surface area contributed by atoms with Crippen LogP contribution in [-0.4, -0.2) is 14.8 Å². The van der Waals surface area contributed by atoms with E-state index in [1.807, 2.05) is 6.92 Å². The highest BCUT2D eigenvalue weighted by molar-refractivity contribution is 6.33. The molecule has 0 atom stereocenters. The van der Waals surface area contributed by atoms with Gasteiger partial charge in [-0.25, -0.2) is 4.39 Å². The molecule has 1 aromatic heterocycles. The van der Waals surface area contributed by atoms with E-state index in [-0.39, 0.29) is 5.02 Å². The molecule has 0 saturated heterocycles. The molecular weight excluding hydrogens is 217 g/mol. The summed E-state index contributed by atoms with van der Waals surface area (Å²) in [5.41, 5.74) is 0.566. The molecule has 2 aromatic rings. The van der Waals surface area contributed by atoms with Crippen LogP contribution in [0.4, 0.5) is 4.39 Å². The van der Waals surface area contributed by atoms with E-state index >= 15 is 0 Å². The Balaban J connectivity index is 2.59. The van der Waals surface area contributed by atoms with Crippen LogP contribution in [0.15, 0.2) is 24.5 Å². The second kappa shape index (κ2) is 3.98. The van der Waals surface area contributed by atoms with E-state index in [1.54, 1.807) is 23.0 Å². The lowest BCUT2D eigenvalue weighted by Gasteiger charge is -2.05. The minimum Gasteiger partial charge on any atom is -0.314 e. The molecule has 78 valence electrons. The Labute approximate surface area is 91.5 Å². The Morgan fingerprint density at radius 1 is 1.47 bits per heavy atom. The zero-order valence-corrected chi connectivity index (χ0v) is 8.87. The van der Waals surface area contributed by atoms with Crippen molar-refractivity contribution in [3.8, 4) is 11.4 Å². The maximum Gasteiger partial charge on any atom is 0.165 e. The number of aromatic nitrogens is 3. The van der Waals surface area contributed by atoms with E-state index in [9.17, 15) is 4.39 Å². The van der Waals surface area contributed by atoms with Crippen LogP contribution in [0.3, 0.4) is 0 Å². The Kier molecular flexibility index (Phi) is 2.68. The fraction of sp³-hybridized carbons (Fsp3) is 0.200. The predicted octanol–water partition coefficient (Wildman–Crippen LogP) is 2.76. The highest BCUT2D eigenvalue weighted by Gasteiger charge is 2.12. The standard InChI is InChI=1S/C10H9ClFN3/c1-2-15-6-13-14-10(15)7-4-3-5-8(12)9(7)11/h3-6H,2H2,1H3. The van der Waals surface area contributed by atoms with Gasteiger partial charge in [-0.2, -0.15) is 0 Å². The number of hydrogen-bond donors (Lipinski definition) is 0. The summed E-state index contributed by atoms with van der Waals surface area (Å²) in [6, 6.07) is 4.64. The SMILES string of the molecule is CCn1cnnc1-c1cccc(F)c1Cl. The minimum atomic E-state index is -0.445. The summed E-state index contributed by atoms with van der Waals surface area (Å²) in [6.07, 6.45) is 1.59. The normalized spacial score (nSPS) is 10.6. The number of aryl methyl sites for hydroxylation is 1. The molecule has 0 aliphatic rings. The molecule has 0 fully saturated rings. The first kappa shape index (κ1) is 10.1. The van der Waals surface area contributed by atoms with Crippen molar-refractivity contribution < 1.29 is 4.39 Å². The molecule has 3 nitrogen and oxygen atoms in total. The van der Waals surface area contributed by atoms with E-state index in [0.29, 0.717) is 11.4 Å². The van der Waals surface area contributed by atoms with Gasteiger partial charge in [-0.15, -0.1) is 10.2 Å². The largest absolute Gasteiger partial charge is 0.314 e. The average Bonchev–Trinajstić information content (AvgIpc) is 2.70. The van der Waals surface area contributed by atoms with Crippen molar-refractivity contribution in [2.45, 2.75) is 13.5 Å². The predicted molar refractivity (Wildman–Crippen MR) is 56.1 cm³/mol. The molecule has 0 N–H and O–H groups in total. The first-order valence-electron chi connectivity index (χ1n) is 4.56. The van der Waals surface area contributed by atoms with Crippen molar-refractivity contribution in [2.24, 2.45) is 0 Å². The zero-order chi connectivity index (χ0) is 10.8. The van der Waals surface area contributed by atoms with Gasteiger partial charge in [0.1, 0.15) is 12.1 Å². The number of halogens is 2. The lowest BCUT2D eigenvalue weighted by atomic mass is 10.2. The van der Waals surface area contributed by atoms with Gasteiger partial charge in [-0.05, 0) is 19.1 Å². The third-order valence-corrected chi connectivity index (χ3v) is 2.53. The molecule has 0 aliphatic heterocycles. The third-order valence-electron chi connectivity index (χ3n) is 2.15. The molecule has 1 heterocycles. The summed E-state index contributed by atoms with van der Waals surface area (Å²) in [6.45, 7) is 2.68. The summed E-state index contributed by atoms with van der Waals surface area (Å²) >= 11 is 5.86. The summed E-state index contributed by atoms with van der Waals surface area (Å²) in [4.78, 5) is 0. The van der Waals surface area contributed by atoms with E-state index in [2.05, 4.69) is 10.2 Å². The fourth-order valence-electron chi connectivity index (χ4n) is 1.37. The van der Waals surface area contributed by atoms with E-state index in [1.165, 1.54) is 6.07 Å². The Bertz CT molecular complexity index is 481. The maximum atomic E-state index is 13.2. The van der Waals surface area contributed by atoms with Crippen molar-refractivity contribution >= 4 is 11.6 Å². The first-order valence-corrected chi connectivity index (χ1v) is 4.94. The van der Waals surface area contributed by atoms with Crippen LogP contribution in [-0.2, 0) is 6.54 Å². The molecule has 0 radical (unpaired) electrons. The maximum absolute atomic E-state index is 13.2. The van der Waals surface area contributed by atoms with Crippen molar-refractivity contribution in [2.75, 3.05) is 0 Å². The van der Waals surface area contributed by atoms with E-state index in [4.69, 9.17) is 11.6 Å². The van der Waals surface area contributed by atoms with Crippen LogP contribution in [0.1, 0.15) is 6.92 Å². The van der Waals surface area contributed by atoms with Crippen molar-refractivity contribution in [3.05, 3.63) is 35.4 Å². The molecule has 0 amide bonds. The molecular formula is C10H9ClFN3. The quantitative estimate of drug-likeness (QED) is 0.787. The van der Waals surface area contributed by atoms with Gasteiger partial charge in [0.15, 0.2) is 5.82 Å². The van der Waals surface area contributed by atoms with Gasteiger partial charge in [0, 0.05) is 12.1 Å². The lowest BCUT2D eigenvalue weighted by molar-refractivity contribution is 0.628. The third kappa shape index (κ3) is 1.72. The Hall–Kier alpha value is -1.42. The van der Waals surface area contributed by atoms with Crippen LogP contribution < -0.4 is 0 Å². The molecule has 0 spiro atoms. The molecule has 0 bridgehead atoms. The van der Waals surface area contributed by atoms with E-state index < -0.39 is 5.82 Å². The highest BCUT2D eigenvalue weighted by atomic mass is 35.5. The second-order valence-corrected chi connectivity index (χ2v) is 3.42. The fourth-order valence-corrected chi connectivity index (χ4v) is 1.58. The lowest BCUT2D eigenvalue weighted by Crippen LogP contribution is -1.97. The van der Waals surface area contributed by atoms with Gasteiger partial charge in [-0.3, -0.25) is 0 Å². The summed E-state index contributed by atoms with van der Waals surface area (Å²) in [5, 5.41) is 7.78. The molecule has 5 heteroatoms. The number of benzene rings is 1. The molecule has 1 aromatic carbocycles. The molecule has 0 unspecified atom stereocenters. The van der Waals surface area contributed by atoms with Crippen molar-refractivity contribution in [3.63, 3.8) is 0 Å². The zero-order valence-electron chi connectivity index (χ0n) is 8.11. The van der Waals surface area contributed by atoms with Crippen LogP contribution in [0.2, 0.25) is 5.02 Å². The molecule has 15 heavy (non-hydrogen) atoms. The number of rotatable bonds is 2. The number of nitrogens with zero attached hydrogens (tertiary/aromatic N) is 3. The van der Waals surface area contributed by atoms with Gasteiger partial charge < -0.3 is 4.57 Å². The first-order chi connectivity index (χ1) is 7.24. The number of hydrogen-bond acceptors (Lipinski definition) is 2.